The molecule has 0 saturated carbocycles. The van der Waals surface area contributed by atoms with Gasteiger partial charge in [-0.3, -0.25) is 9.69 Å². The van der Waals surface area contributed by atoms with Crippen molar-refractivity contribution in [2.24, 2.45) is 11.7 Å². The number of hydrogen-bond donors (Lipinski definition) is 2. The van der Waals surface area contributed by atoms with Gasteiger partial charge >= 0.3 is 0 Å². The van der Waals surface area contributed by atoms with Crippen LogP contribution in [0.5, 0.6) is 0 Å². The molecule has 0 aromatic heterocycles. The van der Waals surface area contributed by atoms with Gasteiger partial charge in [0.25, 0.3) is 0 Å². The standard InChI is InChI=1S/C16H25N3O/c1-2-18-11-13-7-9-19(10-8-13)12-14-5-3-4-6-15(14)16(17)20/h3-6,13,18H,2,7-12H2,1H3,(H2,17,20). The summed E-state index contributed by atoms with van der Waals surface area (Å²) in [6.45, 7) is 7.35. The molecule has 4 heteroatoms. The number of primary amides is 1. The highest BCUT2D eigenvalue weighted by Crippen LogP contribution is 2.19. The Morgan fingerprint density at radius 2 is 2.05 bits per heavy atom. The zero-order valence-corrected chi connectivity index (χ0v) is 12.3. The Labute approximate surface area is 121 Å². The molecule has 1 aliphatic rings. The van der Waals surface area contributed by atoms with E-state index < -0.39 is 0 Å². The van der Waals surface area contributed by atoms with Crippen molar-refractivity contribution in [2.75, 3.05) is 26.2 Å². The number of likely N-dealkylation sites (tertiary alicyclic amines) is 1. The van der Waals surface area contributed by atoms with Crippen LogP contribution in [0.3, 0.4) is 0 Å². The van der Waals surface area contributed by atoms with Gasteiger partial charge in [-0.25, -0.2) is 0 Å². The molecular weight excluding hydrogens is 250 g/mol. The van der Waals surface area contributed by atoms with Crippen LogP contribution in [0.15, 0.2) is 24.3 Å². The van der Waals surface area contributed by atoms with Crippen molar-refractivity contribution in [1.82, 2.24) is 10.2 Å². The van der Waals surface area contributed by atoms with Gasteiger partial charge < -0.3 is 11.1 Å². The van der Waals surface area contributed by atoms with Gasteiger partial charge in [-0.2, -0.15) is 0 Å². The lowest BCUT2D eigenvalue weighted by atomic mass is 9.96. The normalized spacial score (nSPS) is 17.2. The predicted octanol–water partition coefficient (Wildman–Crippen LogP) is 1.61. The predicted molar refractivity (Wildman–Crippen MR) is 81.5 cm³/mol. The minimum atomic E-state index is -0.331. The van der Waals surface area contributed by atoms with E-state index in [1.807, 2.05) is 24.3 Å². The lowest BCUT2D eigenvalue weighted by molar-refractivity contribution is 0.0997. The Morgan fingerprint density at radius 3 is 2.70 bits per heavy atom. The van der Waals surface area contributed by atoms with E-state index in [1.165, 1.54) is 12.8 Å². The highest BCUT2D eigenvalue weighted by Gasteiger charge is 2.20. The molecule has 1 fully saturated rings. The SMILES string of the molecule is CCNCC1CCN(Cc2ccccc2C(N)=O)CC1. The van der Waals surface area contributed by atoms with Gasteiger partial charge in [-0.15, -0.1) is 0 Å². The number of carbonyl (C=O) groups is 1. The van der Waals surface area contributed by atoms with Crippen LogP contribution in [-0.2, 0) is 6.54 Å². The van der Waals surface area contributed by atoms with Crippen LogP contribution in [0.2, 0.25) is 0 Å². The summed E-state index contributed by atoms with van der Waals surface area (Å²) in [7, 11) is 0. The first-order valence-electron chi connectivity index (χ1n) is 7.51. The molecule has 1 amide bonds. The van der Waals surface area contributed by atoms with Crippen molar-refractivity contribution in [3.8, 4) is 0 Å². The van der Waals surface area contributed by atoms with Crippen molar-refractivity contribution in [3.63, 3.8) is 0 Å². The fourth-order valence-corrected chi connectivity index (χ4v) is 2.84. The number of nitrogens with zero attached hydrogens (tertiary/aromatic N) is 1. The van der Waals surface area contributed by atoms with E-state index in [1.54, 1.807) is 0 Å². The van der Waals surface area contributed by atoms with Gasteiger partial charge in [0.2, 0.25) is 5.91 Å². The van der Waals surface area contributed by atoms with Crippen LogP contribution >= 0.6 is 0 Å². The summed E-state index contributed by atoms with van der Waals surface area (Å²) in [5, 5.41) is 3.43. The van der Waals surface area contributed by atoms with E-state index in [2.05, 4.69) is 17.1 Å². The van der Waals surface area contributed by atoms with E-state index >= 15 is 0 Å². The molecule has 1 saturated heterocycles. The summed E-state index contributed by atoms with van der Waals surface area (Å²) in [5.41, 5.74) is 7.13. The average Bonchev–Trinajstić information content (AvgIpc) is 2.47. The maximum atomic E-state index is 11.4. The quantitative estimate of drug-likeness (QED) is 0.829. The van der Waals surface area contributed by atoms with Crippen LogP contribution in [0.4, 0.5) is 0 Å². The molecule has 110 valence electrons. The van der Waals surface area contributed by atoms with Gasteiger partial charge in [0.1, 0.15) is 0 Å². The molecule has 0 atom stereocenters. The molecule has 4 nitrogen and oxygen atoms in total. The number of benzene rings is 1. The molecule has 2 rings (SSSR count). The highest BCUT2D eigenvalue weighted by molar-refractivity contribution is 5.94. The lowest BCUT2D eigenvalue weighted by Crippen LogP contribution is -2.37. The molecule has 1 aromatic rings. The van der Waals surface area contributed by atoms with Crippen LogP contribution in [-0.4, -0.2) is 37.0 Å². The minimum Gasteiger partial charge on any atom is -0.366 e. The van der Waals surface area contributed by atoms with E-state index in [0.29, 0.717) is 5.56 Å². The molecule has 3 N–H and O–H groups in total. The fourth-order valence-electron chi connectivity index (χ4n) is 2.84. The van der Waals surface area contributed by atoms with Crippen LogP contribution in [0, 0.1) is 5.92 Å². The third-order valence-corrected chi connectivity index (χ3v) is 4.07. The van der Waals surface area contributed by atoms with Crippen LogP contribution < -0.4 is 11.1 Å². The molecule has 0 spiro atoms. The highest BCUT2D eigenvalue weighted by atomic mass is 16.1. The van der Waals surface area contributed by atoms with Crippen LogP contribution in [0.1, 0.15) is 35.7 Å². The summed E-state index contributed by atoms with van der Waals surface area (Å²) in [4.78, 5) is 13.9. The fraction of sp³-hybridized carbons (Fsp3) is 0.562. The molecule has 1 aromatic carbocycles. The Balaban J connectivity index is 1.88. The van der Waals surface area contributed by atoms with Gasteiger partial charge in [0, 0.05) is 12.1 Å². The van der Waals surface area contributed by atoms with Gasteiger partial charge in [-0.1, -0.05) is 25.1 Å². The van der Waals surface area contributed by atoms with Crippen molar-refractivity contribution in [1.29, 1.82) is 0 Å². The Kier molecular flexibility index (Phi) is 5.56. The van der Waals surface area contributed by atoms with Crippen LogP contribution in [0.25, 0.3) is 0 Å². The Hall–Kier alpha value is -1.39. The molecule has 0 radical (unpaired) electrons. The molecule has 0 aliphatic carbocycles. The van der Waals surface area contributed by atoms with Crippen molar-refractivity contribution in [2.45, 2.75) is 26.3 Å². The van der Waals surface area contributed by atoms with Crippen molar-refractivity contribution < 1.29 is 4.79 Å². The number of rotatable bonds is 6. The molecule has 20 heavy (non-hydrogen) atoms. The van der Waals surface area contributed by atoms with E-state index in [-0.39, 0.29) is 5.91 Å². The second-order valence-corrected chi connectivity index (χ2v) is 5.55. The number of piperidine rings is 1. The number of carbonyl (C=O) groups excluding carboxylic acids is 1. The summed E-state index contributed by atoms with van der Waals surface area (Å²) in [6, 6.07) is 7.66. The summed E-state index contributed by atoms with van der Waals surface area (Å²) in [5.74, 6) is 0.459. The first-order chi connectivity index (χ1) is 9.70. The first kappa shape index (κ1) is 15.0. The molecule has 0 unspecified atom stereocenters. The topological polar surface area (TPSA) is 58.4 Å². The molecular formula is C16H25N3O. The molecule has 0 bridgehead atoms. The van der Waals surface area contributed by atoms with Crippen molar-refractivity contribution >= 4 is 5.91 Å². The zero-order valence-electron chi connectivity index (χ0n) is 12.3. The maximum absolute atomic E-state index is 11.4. The number of nitrogens with one attached hydrogen (secondary N) is 1. The Morgan fingerprint density at radius 1 is 1.35 bits per heavy atom. The Bertz CT molecular complexity index is 439. The first-order valence-corrected chi connectivity index (χ1v) is 7.51. The molecule has 1 aliphatic heterocycles. The monoisotopic (exact) mass is 275 g/mol. The average molecular weight is 275 g/mol. The summed E-state index contributed by atoms with van der Waals surface area (Å²) >= 11 is 0. The van der Waals surface area contributed by atoms with Gasteiger partial charge in [0.05, 0.1) is 0 Å². The number of hydrogen-bond acceptors (Lipinski definition) is 3. The molecule has 1 heterocycles. The number of nitrogens with two attached hydrogens (primary N) is 1. The summed E-state index contributed by atoms with van der Waals surface area (Å²) in [6.07, 6.45) is 2.46. The largest absolute Gasteiger partial charge is 0.366 e. The zero-order chi connectivity index (χ0) is 14.4. The number of amides is 1. The minimum absolute atomic E-state index is 0.331. The van der Waals surface area contributed by atoms with Crippen molar-refractivity contribution in [3.05, 3.63) is 35.4 Å². The third kappa shape index (κ3) is 4.05. The second kappa shape index (κ2) is 7.41. The van der Waals surface area contributed by atoms with Gasteiger partial charge in [-0.05, 0) is 56.6 Å². The summed E-state index contributed by atoms with van der Waals surface area (Å²) < 4.78 is 0. The van der Waals surface area contributed by atoms with E-state index in [4.69, 9.17) is 5.73 Å². The van der Waals surface area contributed by atoms with E-state index in [9.17, 15) is 4.79 Å². The third-order valence-electron chi connectivity index (χ3n) is 4.07. The smallest absolute Gasteiger partial charge is 0.249 e. The lowest BCUT2D eigenvalue weighted by Gasteiger charge is -2.32. The van der Waals surface area contributed by atoms with E-state index in [0.717, 1.165) is 44.2 Å². The van der Waals surface area contributed by atoms with Gasteiger partial charge in [0.15, 0.2) is 0 Å². The second-order valence-electron chi connectivity index (χ2n) is 5.55. The maximum Gasteiger partial charge on any atom is 0.249 e.